The monoisotopic (exact) mass is 311 g/mol. The molecule has 1 fully saturated rings. The van der Waals surface area contributed by atoms with E-state index in [-0.39, 0.29) is 12.6 Å². The first kappa shape index (κ1) is 15.6. The largest absolute Gasteiger partial charge is 0.480 e. The van der Waals surface area contributed by atoms with E-state index in [2.05, 4.69) is 4.90 Å². The van der Waals surface area contributed by atoms with Crippen molar-refractivity contribution in [3.05, 3.63) is 29.3 Å². The lowest BCUT2D eigenvalue weighted by Crippen LogP contribution is -2.53. The smallest absolute Gasteiger partial charge is 0.325 e. The standard InChI is InChI=1S/C14H18ClN3O3/c1-16-6-8-17(9-7-16)14(21)18(10-13(19)20)12-4-2-11(15)3-5-12/h2-5H,6-10H2,1H3,(H,19,20). The quantitative estimate of drug-likeness (QED) is 0.921. The van der Waals surface area contributed by atoms with E-state index in [1.165, 1.54) is 4.90 Å². The van der Waals surface area contributed by atoms with E-state index in [4.69, 9.17) is 16.7 Å². The summed E-state index contributed by atoms with van der Waals surface area (Å²) in [7, 11) is 2.00. The third-order valence-electron chi connectivity index (χ3n) is 3.44. The van der Waals surface area contributed by atoms with Crippen LogP contribution in [0.1, 0.15) is 0 Å². The Morgan fingerprint density at radius 2 is 1.76 bits per heavy atom. The van der Waals surface area contributed by atoms with Crippen molar-refractivity contribution in [3.8, 4) is 0 Å². The molecule has 1 aliphatic heterocycles. The van der Waals surface area contributed by atoms with Crippen molar-refractivity contribution < 1.29 is 14.7 Å². The minimum Gasteiger partial charge on any atom is -0.480 e. The zero-order valence-electron chi connectivity index (χ0n) is 11.8. The molecule has 2 rings (SSSR count). The maximum absolute atomic E-state index is 12.6. The third kappa shape index (κ3) is 4.09. The number of urea groups is 1. The number of piperazine rings is 1. The van der Waals surface area contributed by atoms with Gasteiger partial charge in [0.2, 0.25) is 0 Å². The molecule has 1 aliphatic rings. The predicted octanol–water partition coefficient (Wildman–Crippen LogP) is 1.60. The molecule has 1 saturated heterocycles. The van der Waals surface area contributed by atoms with Gasteiger partial charge < -0.3 is 14.9 Å². The second-order valence-corrected chi connectivity index (χ2v) is 5.47. The van der Waals surface area contributed by atoms with Gasteiger partial charge in [-0.2, -0.15) is 0 Å². The first-order valence-corrected chi connectivity index (χ1v) is 7.07. The highest BCUT2D eigenvalue weighted by molar-refractivity contribution is 6.30. The first-order chi connectivity index (χ1) is 9.97. The van der Waals surface area contributed by atoms with E-state index < -0.39 is 5.97 Å². The SMILES string of the molecule is CN1CCN(C(=O)N(CC(=O)O)c2ccc(Cl)cc2)CC1. The molecule has 1 aromatic carbocycles. The second-order valence-electron chi connectivity index (χ2n) is 5.03. The number of carbonyl (C=O) groups is 2. The summed E-state index contributed by atoms with van der Waals surface area (Å²) in [6.45, 7) is 2.39. The van der Waals surface area contributed by atoms with Gasteiger partial charge in [-0.05, 0) is 31.3 Å². The fourth-order valence-electron chi connectivity index (χ4n) is 2.19. The van der Waals surface area contributed by atoms with Crippen LogP contribution in [0.3, 0.4) is 0 Å². The molecule has 0 bridgehead atoms. The number of hydrogen-bond acceptors (Lipinski definition) is 3. The molecule has 0 saturated carbocycles. The van der Waals surface area contributed by atoms with E-state index in [9.17, 15) is 9.59 Å². The van der Waals surface area contributed by atoms with Gasteiger partial charge in [0.1, 0.15) is 6.54 Å². The molecule has 21 heavy (non-hydrogen) atoms. The van der Waals surface area contributed by atoms with Crippen LogP contribution in [0.5, 0.6) is 0 Å². The van der Waals surface area contributed by atoms with Crippen molar-refractivity contribution in [3.63, 3.8) is 0 Å². The summed E-state index contributed by atoms with van der Waals surface area (Å²) in [6, 6.07) is 6.30. The average Bonchev–Trinajstić information content (AvgIpc) is 2.46. The van der Waals surface area contributed by atoms with Crippen molar-refractivity contribution in [1.29, 1.82) is 0 Å². The number of nitrogens with zero attached hydrogens (tertiary/aromatic N) is 3. The summed E-state index contributed by atoms with van der Waals surface area (Å²) in [4.78, 5) is 28.7. The Balaban J connectivity index is 2.17. The highest BCUT2D eigenvalue weighted by Crippen LogP contribution is 2.19. The summed E-state index contributed by atoms with van der Waals surface area (Å²) < 4.78 is 0. The Labute approximate surface area is 128 Å². The van der Waals surface area contributed by atoms with Crippen LogP contribution in [-0.2, 0) is 4.79 Å². The summed E-state index contributed by atoms with van der Waals surface area (Å²) >= 11 is 5.83. The van der Waals surface area contributed by atoms with Gasteiger partial charge in [-0.1, -0.05) is 11.6 Å². The number of likely N-dealkylation sites (N-methyl/N-ethyl adjacent to an activating group) is 1. The highest BCUT2D eigenvalue weighted by atomic mass is 35.5. The Hall–Kier alpha value is -1.79. The molecule has 114 valence electrons. The summed E-state index contributed by atoms with van der Waals surface area (Å²) in [5, 5.41) is 9.59. The summed E-state index contributed by atoms with van der Waals surface area (Å²) in [6.07, 6.45) is 0. The van der Waals surface area contributed by atoms with Gasteiger partial charge in [-0.25, -0.2) is 4.79 Å². The van der Waals surface area contributed by atoms with E-state index in [0.29, 0.717) is 23.8 Å². The van der Waals surface area contributed by atoms with Crippen LogP contribution in [0.15, 0.2) is 24.3 Å². The predicted molar refractivity (Wildman–Crippen MR) is 80.9 cm³/mol. The maximum Gasteiger partial charge on any atom is 0.325 e. The molecule has 0 spiro atoms. The lowest BCUT2D eigenvalue weighted by molar-refractivity contribution is -0.135. The maximum atomic E-state index is 12.6. The number of carboxylic acid groups (broad SMARTS) is 1. The molecule has 6 nitrogen and oxygen atoms in total. The van der Waals surface area contributed by atoms with Crippen LogP contribution in [0, 0.1) is 0 Å². The summed E-state index contributed by atoms with van der Waals surface area (Å²) in [5.41, 5.74) is 0.533. The van der Waals surface area contributed by atoms with Crippen LogP contribution in [0.4, 0.5) is 10.5 Å². The minimum atomic E-state index is -1.05. The average molecular weight is 312 g/mol. The van der Waals surface area contributed by atoms with Crippen molar-refractivity contribution in [2.24, 2.45) is 0 Å². The van der Waals surface area contributed by atoms with Gasteiger partial charge in [0.15, 0.2) is 0 Å². The lowest BCUT2D eigenvalue weighted by Gasteiger charge is -2.35. The van der Waals surface area contributed by atoms with Gasteiger partial charge in [-0.3, -0.25) is 9.69 Å². The van der Waals surface area contributed by atoms with Crippen LogP contribution in [0.25, 0.3) is 0 Å². The van der Waals surface area contributed by atoms with Gasteiger partial charge in [0.05, 0.1) is 0 Å². The number of halogens is 1. The Morgan fingerprint density at radius 1 is 1.19 bits per heavy atom. The van der Waals surface area contributed by atoms with Gasteiger partial charge >= 0.3 is 12.0 Å². The Morgan fingerprint density at radius 3 is 2.29 bits per heavy atom. The number of carboxylic acids is 1. The van der Waals surface area contributed by atoms with Crippen LogP contribution < -0.4 is 4.90 Å². The molecule has 0 atom stereocenters. The molecular weight excluding hydrogens is 294 g/mol. The van der Waals surface area contributed by atoms with Gasteiger partial charge in [-0.15, -0.1) is 0 Å². The number of amides is 2. The topological polar surface area (TPSA) is 64.1 Å². The lowest BCUT2D eigenvalue weighted by atomic mass is 10.2. The molecule has 0 radical (unpaired) electrons. The summed E-state index contributed by atoms with van der Waals surface area (Å²) in [5.74, 6) is -1.05. The molecule has 1 N–H and O–H groups in total. The van der Waals surface area contributed by atoms with Gasteiger partial charge in [0.25, 0.3) is 0 Å². The number of benzene rings is 1. The van der Waals surface area contributed by atoms with Gasteiger partial charge in [0, 0.05) is 36.9 Å². The third-order valence-corrected chi connectivity index (χ3v) is 3.69. The molecule has 7 heteroatoms. The highest BCUT2D eigenvalue weighted by Gasteiger charge is 2.26. The fraction of sp³-hybridized carbons (Fsp3) is 0.429. The zero-order chi connectivity index (χ0) is 15.4. The van der Waals surface area contributed by atoms with Crippen molar-refractivity contribution in [2.75, 3.05) is 44.7 Å². The van der Waals surface area contributed by atoms with Crippen molar-refractivity contribution in [2.45, 2.75) is 0 Å². The number of aliphatic carboxylic acids is 1. The van der Waals surface area contributed by atoms with Crippen LogP contribution in [0.2, 0.25) is 5.02 Å². The zero-order valence-corrected chi connectivity index (χ0v) is 12.6. The molecule has 0 aliphatic carbocycles. The van der Waals surface area contributed by atoms with Crippen molar-refractivity contribution in [1.82, 2.24) is 9.80 Å². The number of anilines is 1. The Kier molecular flexibility index (Phi) is 5.03. The molecular formula is C14H18ClN3O3. The molecule has 1 heterocycles. The van der Waals surface area contributed by atoms with E-state index in [1.807, 2.05) is 7.05 Å². The number of carbonyl (C=O) groups excluding carboxylic acids is 1. The molecule has 1 aromatic rings. The molecule has 2 amide bonds. The number of rotatable bonds is 3. The van der Waals surface area contributed by atoms with Crippen LogP contribution in [-0.4, -0.2) is 66.7 Å². The Bertz CT molecular complexity index is 513. The molecule has 0 aromatic heterocycles. The number of hydrogen-bond donors (Lipinski definition) is 1. The first-order valence-electron chi connectivity index (χ1n) is 6.69. The second kappa shape index (κ2) is 6.78. The van der Waals surface area contributed by atoms with Crippen LogP contribution >= 0.6 is 11.6 Å². The molecule has 0 unspecified atom stereocenters. The van der Waals surface area contributed by atoms with E-state index in [0.717, 1.165) is 13.1 Å². The van der Waals surface area contributed by atoms with E-state index >= 15 is 0 Å². The van der Waals surface area contributed by atoms with E-state index in [1.54, 1.807) is 29.2 Å². The fourth-order valence-corrected chi connectivity index (χ4v) is 2.32. The normalized spacial score (nSPS) is 15.8. The minimum absolute atomic E-state index is 0.284. The van der Waals surface area contributed by atoms with Crippen molar-refractivity contribution >= 4 is 29.3 Å².